The summed E-state index contributed by atoms with van der Waals surface area (Å²) in [5, 5.41) is 22.9. The van der Waals surface area contributed by atoms with Crippen LogP contribution < -0.4 is 10.1 Å². The number of carbonyl (C=O) groups is 1. The van der Waals surface area contributed by atoms with Gasteiger partial charge in [0.1, 0.15) is 29.5 Å². The van der Waals surface area contributed by atoms with Crippen LogP contribution in [0.2, 0.25) is 0 Å². The van der Waals surface area contributed by atoms with E-state index in [0.29, 0.717) is 22.5 Å². The molecule has 0 aliphatic heterocycles. The molecule has 166 valence electrons. The zero-order valence-corrected chi connectivity index (χ0v) is 18.4. The summed E-state index contributed by atoms with van der Waals surface area (Å²) in [6.45, 7) is 3.78. The monoisotopic (exact) mass is 448 g/mol. The predicted molar refractivity (Wildman–Crippen MR) is 129 cm³/mol. The molecule has 0 aliphatic carbocycles. The van der Waals surface area contributed by atoms with E-state index < -0.39 is 0 Å². The van der Waals surface area contributed by atoms with E-state index in [4.69, 9.17) is 4.74 Å². The first-order valence-electron chi connectivity index (χ1n) is 10.5. The Morgan fingerprint density at radius 3 is 2.74 bits per heavy atom. The number of pyridine rings is 1. The van der Waals surface area contributed by atoms with Gasteiger partial charge in [-0.2, -0.15) is 15.5 Å². The van der Waals surface area contributed by atoms with Crippen LogP contribution in [0.5, 0.6) is 5.75 Å². The Balaban J connectivity index is 1.55. The molecule has 0 bridgehead atoms. The Morgan fingerprint density at radius 1 is 1.15 bits per heavy atom. The van der Waals surface area contributed by atoms with E-state index in [-0.39, 0.29) is 12.5 Å². The van der Waals surface area contributed by atoms with Crippen molar-refractivity contribution in [3.63, 3.8) is 0 Å². The number of aryl methyl sites for hydroxylation is 1. The van der Waals surface area contributed by atoms with Crippen LogP contribution in [0.1, 0.15) is 11.1 Å². The number of nitrogens with zero attached hydrogens (tertiary/aromatic N) is 5. The third kappa shape index (κ3) is 3.76. The molecule has 34 heavy (non-hydrogen) atoms. The molecule has 0 saturated carbocycles. The summed E-state index contributed by atoms with van der Waals surface area (Å²) in [6, 6.07) is 15.6. The van der Waals surface area contributed by atoms with Crippen LogP contribution in [0.15, 0.2) is 79.9 Å². The number of fused-ring (bicyclic) bond motifs is 2. The molecule has 1 N–H and O–H groups in total. The van der Waals surface area contributed by atoms with Gasteiger partial charge in [0.05, 0.1) is 12.4 Å². The molecule has 0 spiro atoms. The van der Waals surface area contributed by atoms with Gasteiger partial charge in [0.2, 0.25) is 5.91 Å². The molecule has 5 aromatic rings. The molecule has 0 saturated heterocycles. The third-order valence-corrected chi connectivity index (χ3v) is 5.57. The zero-order valence-electron chi connectivity index (χ0n) is 18.4. The van der Waals surface area contributed by atoms with Crippen molar-refractivity contribution in [3.8, 4) is 22.9 Å². The summed E-state index contributed by atoms with van der Waals surface area (Å²) in [5.74, 6) is 0.275. The number of rotatable bonds is 6. The predicted octanol–water partition coefficient (Wildman–Crippen LogP) is 4.46. The highest BCUT2D eigenvalue weighted by molar-refractivity contribution is 6.06. The lowest BCUT2D eigenvalue weighted by Gasteiger charge is -2.13. The van der Waals surface area contributed by atoms with Crippen LogP contribution in [0, 0.1) is 11.3 Å². The van der Waals surface area contributed by atoms with E-state index in [9.17, 15) is 10.1 Å². The topological polar surface area (TPSA) is 97.2 Å². The molecule has 0 radical (unpaired) electrons. The van der Waals surface area contributed by atoms with Crippen molar-refractivity contribution in [2.75, 3.05) is 5.32 Å². The first-order valence-corrected chi connectivity index (χ1v) is 10.5. The van der Waals surface area contributed by atoms with Gasteiger partial charge < -0.3 is 10.1 Å². The zero-order chi connectivity index (χ0) is 23.7. The number of nitriles is 1. The Labute approximate surface area is 195 Å². The van der Waals surface area contributed by atoms with Gasteiger partial charge in [0.15, 0.2) is 0 Å². The van der Waals surface area contributed by atoms with Gasteiger partial charge in [-0.15, -0.1) is 0 Å². The summed E-state index contributed by atoms with van der Waals surface area (Å²) in [4.78, 5) is 11.8. The van der Waals surface area contributed by atoms with Crippen molar-refractivity contribution in [2.24, 2.45) is 7.05 Å². The Morgan fingerprint density at radius 2 is 1.97 bits per heavy atom. The Kier molecular flexibility index (Phi) is 5.28. The highest BCUT2D eigenvalue weighted by atomic mass is 16.5. The quantitative estimate of drug-likeness (QED) is 0.387. The average molecular weight is 448 g/mol. The van der Waals surface area contributed by atoms with Gasteiger partial charge in [-0.05, 0) is 29.2 Å². The number of anilines is 1. The third-order valence-electron chi connectivity index (χ3n) is 5.57. The highest BCUT2D eigenvalue weighted by Crippen LogP contribution is 2.32. The first kappa shape index (κ1) is 21.0. The number of benzene rings is 2. The maximum atomic E-state index is 11.8. The maximum Gasteiger partial charge on any atom is 0.247 e. The van der Waals surface area contributed by atoms with Crippen LogP contribution in [0.3, 0.4) is 0 Å². The summed E-state index contributed by atoms with van der Waals surface area (Å²) in [5.41, 5.74) is 4.46. The van der Waals surface area contributed by atoms with Crippen molar-refractivity contribution in [1.82, 2.24) is 19.4 Å². The van der Waals surface area contributed by atoms with E-state index in [2.05, 4.69) is 28.2 Å². The number of carbonyl (C=O) groups excluding carboxylic acids is 1. The molecule has 3 aromatic heterocycles. The normalized spacial score (nSPS) is 10.8. The van der Waals surface area contributed by atoms with Crippen molar-refractivity contribution in [2.45, 2.75) is 6.61 Å². The highest BCUT2D eigenvalue weighted by Gasteiger charge is 2.15. The second kappa shape index (κ2) is 8.56. The van der Waals surface area contributed by atoms with E-state index in [0.717, 1.165) is 27.5 Å². The largest absolute Gasteiger partial charge is 0.487 e. The lowest BCUT2D eigenvalue weighted by molar-refractivity contribution is -0.111. The number of hydrogen-bond acceptors (Lipinski definition) is 5. The minimum Gasteiger partial charge on any atom is -0.487 e. The lowest BCUT2D eigenvalue weighted by atomic mass is 10.0. The molecule has 3 heterocycles. The van der Waals surface area contributed by atoms with Gasteiger partial charge in [0, 0.05) is 41.6 Å². The molecule has 1 amide bonds. The summed E-state index contributed by atoms with van der Waals surface area (Å²) < 4.78 is 9.66. The molecule has 0 atom stereocenters. The number of hydrogen-bond donors (Lipinski definition) is 1. The van der Waals surface area contributed by atoms with Crippen molar-refractivity contribution in [1.29, 1.82) is 5.26 Å². The van der Waals surface area contributed by atoms with E-state index >= 15 is 0 Å². The first-order chi connectivity index (χ1) is 16.6. The van der Waals surface area contributed by atoms with Crippen LogP contribution >= 0.6 is 0 Å². The second-order valence-corrected chi connectivity index (χ2v) is 7.76. The number of ether oxygens (including phenoxy) is 1. The van der Waals surface area contributed by atoms with Gasteiger partial charge in [-0.25, -0.2) is 4.52 Å². The van der Waals surface area contributed by atoms with Gasteiger partial charge in [-0.1, -0.05) is 36.9 Å². The number of aromatic nitrogens is 4. The smallest absolute Gasteiger partial charge is 0.247 e. The maximum absolute atomic E-state index is 11.8. The Bertz CT molecular complexity index is 1610. The molecule has 8 nitrogen and oxygen atoms in total. The molecular formula is C26H20N6O2. The number of nitrogens with one attached hydrogen (secondary N) is 1. The fourth-order valence-electron chi connectivity index (χ4n) is 3.95. The summed E-state index contributed by atoms with van der Waals surface area (Å²) in [6.07, 6.45) is 8.30. The minimum absolute atomic E-state index is 0.262. The van der Waals surface area contributed by atoms with Crippen LogP contribution in [0.4, 0.5) is 5.69 Å². The van der Waals surface area contributed by atoms with E-state index in [1.807, 2.05) is 61.9 Å². The fraction of sp³-hybridized carbons (Fsp3) is 0.0769. The van der Waals surface area contributed by atoms with Gasteiger partial charge in [0.25, 0.3) is 0 Å². The van der Waals surface area contributed by atoms with Gasteiger partial charge >= 0.3 is 0 Å². The molecule has 0 unspecified atom stereocenters. The van der Waals surface area contributed by atoms with Crippen LogP contribution in [-0.4, -0.2) is 25.3 Å². The van der Waals surface area contributed by atoms with Gasteiger partial charge in [-0.3, -0.25) is 9.48 Å². The van der Waals surface area contributed by atoms with E-state index in [1.54, 1.807) is 15.4 Å². The summed E-state index contributed by atoms with van der Waals surface area (Å²) in [7, 11) is 1.85. The van der Waals surface area contributed by atoms with Crippen molar-refractivity contribution >= 4 is 27.9 Å². The molecule has 8 heteroatoms. The van der Waals surface area contributed by atoms with Crippen molar-refractivity contribution in [3.05, 3.63) is 91.0 Å². The molecule has 0 aliphatic rings. The summed E-state index contributed by atoms with van der Waals surface area (Å²) >= 11 is 0. The SMILES string of the molecule is C=CC(=O)Nc1cccc2c(COc3cc(-c4cnn(C)c4)cn4ncc(C#N)c34)cccc12. The number of amides is 1. The molecule has 2 aromatic carbocycles. The molecule has 5 rings (SSSR count). The van der Waals surface area contributed by atoms with Crippen molar-refractivity contribution < 1.29 is 9.53 Å². The average Bonchev–Trinajstić information content (AvgIpc) is 3.48. The van der Waals surface area contributed by atoms with Crippen LogP contribution in [0.25, 0.3) is 27.4 Å². The van der Waals surface area contributed by atoms with E-state index in [1.165, 1.54) is 12.3 Å². The molecule has 0 fully saturated rings. The minimum atomic E-state index is -0.270. The molecular weight excluding hydrogens is 428 g/mol. The Hall–Kier alpha value is -4.90. The van der Waals surface area contributed by atoms with Crippen LogP contribution in [-0.2, 0) is 18.4 Å². The standard InChI is InChI=1S/C26H20N6O2/c1-3-25(33)30-23-9-5-7-21-17(6-4-8-22(21)23)16-34-24-10-18(20-13-28-31(2)14-20)15-32-26(24)19(11-27)12-29-32/h3-10,12-15H,1,16H2,2H3,(H,30,33). The fourth-order valence-corrected chi connectivity index (χ4v) is 3.95. The second-order valence-electron chi connectivity index (χ2n) is 7.76. The lowest BCUT2D eigenvalue weighted by Crippen LogP contribution is -2.08.